The normalized spacial score (nSPS) is 13.2. The standard InChI is InChI=1S/C23H41O2P/c1-5-9-17-26(18-10-6-2,19-11-7-3,20-12-8-4)25-23-15-13-22(21-24)14-16-23/h13-16,21H,5-12,17-20H2,1-4H3. The van der Waals surface area contributed by atoms with E-state index in [1.54, 1.807) is 0 Å². The molecule has 0 atom stereocenters. The third-order valence-electron chi connectivity index (χ3n) is 5.69. The Bertz CT molecular complexity index is 466. The van der Waals surface area contributed by atoms with Crippen molar-refractivity contribution in [1.29, 1.82) is 0 Å². The van der Waals surface area contributed by atoms with Crippen LogP contribution in [0.2, 0.25) is 0 Å². The summed E-state index contributed by atoms with van der Waals surface area (Å²) >= 11 is 0. The monoisotopic (exact) mass is 380 g/mol. The Labute approximate surface area is 162 Å². The maximum absolute atomic E-state index is 11.0. The van der Waals surface area contributed by atoms with E-state index in [0.29, 0.717) is 0 Å². The molecule has 0 spiro atoms. The topological polar surface area (TPSA) is 26.3 Å². The molecule has 0 amide bonds. The molecule has 0 saturated carbocycles. The van der Waals surface area contributed by atoms with Crippen molar-refractivity contribution < 1.29 is 9.32 Å². The quantitative estimate of drug-likeness (QED) is 0.232. The first kappa shape index (κ1) is 23.2. The summed E-state index contributed by atoms with van der Waals surface area (Å²) in [7, 11) is 0. The Kier molecular flexibility index (Phi) is 10.5. The van der Waals surface area contributed by atoms with Crippen molar-refractivity contribution in [1.82, 2.24) is 0 Å². The van der Waals surface area contributed by atoms with Crippen LogP contribution in [-0.4, -0.2) is 30.9 Å². The van der Waals surface area contributed by atoms with Gasteiger partial charge in [0.2, 0.25) is 0 Å². The summed E-state index contributed by atoms with van der Waals surface area (Å²) in [5.41, 5.74) is 0.724. The molecule has 0 saturated heterocycles. The Balaban J connectivity index is 3.30. The number of aldehydes is 1. The van der Waals surface area contributed by atoms with Crippen LogP contribution in [-0.2, 0) is 0 Å². The van der Waals surface area contributed by atoms with Gasteiger partial charge in [0, 0.05) is 0 Å². The first-order chi connectivity index (χ1) is 12.6. The van der Waals surface area contributed by atoms with Crippen LogP contribution in [0.5, 0.6) is 5.75 Å². The van der Waals surface area contributed by atoms with E-state index < -0.39 is 6.83 Å². The molecule has 0 heterocycles. The summed E-state index contributed by atoms with van der Waals surface area (Å²) in [4.78, 5) is 11.0. The van der Waals surface area contributed by atoms with Crippen LogP contribution in [0, 0.1) is 0 Å². The average molecular weight is 381 g/mol. The maximum atomic E-state index is 11.0. The zero-order valence-electron chi connectivity index (χ0n) is 17.6. The van der Waals surface area contributed by atoms with Crippen LogP contribution in [0.4, 0.5) is 0 Å². The van der Waals surface area contributed by atoms with Crippen molar-refractivity contribution in [3.63, 3.8) is 0 Å². The number of benzene rings is 1. The van der Waals surface area contributed by atoms with Gasteiger partial charge in [-0.1, -0.05) is 0 Å². The second kappa shape index (κ2) is 11.8. The number of hydrogen-bond donors (Lipinski definition) is 0. The fourth-order valence-corrected chi connectivity index (χ4v) is 10.9. The molecule has 0 aliphatic carbocycles. The van der Waals surface area contributed by atoms with Gasteiger partial charge in [0.1, 0.15) is 0 Å². The van der Waals surface area contributed by atoms with Crippen molar-refractivity contribution in [2.24, 2.45) is 0 Å². The number of hydrogen-bond acceptors (Lipinski definition) is 2. The Morgan fingerprint density at radius 2 is 1.12 bits per heavy atom. The van der Waals surface area contributed by atoms with Crippen LogP contribution in [0.15, 0.2) is 24.3 Å². The molecule has 1 aromatic rings. The fourth-order valence-electron chi connectivity index (χ4n) is 3.99. The number of unbranched alkanes of at least 4 members (excludes halogenated alkanes) is 4. The van der Waals surface area contributed by atoms with Crippen molar-refractivity contribution in [2.45, 2.75) is 79.1 Å². The van der Waals surface area contributed by atoms with Crippen LogP contribution >= 0.6 is 6.83 Å². The zero-order valence-corrected chi connectivity index (χ0v) is 18.5. The summed E-state index contributed by atoms with van der Waals surface area (Å²) < 4.78 is 7.11. The molecule has 3 heteroatoms. The molecular weight excluding hydrogens is 339 g/mol. The molecule has 0 N–H and O–H groups in total. The second-order valence-electron chi connectivity index (χ2n) is 7.94. The van der Waals surface area contributed by atoms with Gasteiger partial charge in [-0.15, -0.1) is 0 Å². The predicted molar refractivity (Wildman–Crippen MR) is 118 cm³/mol. The Morgan fingerprint density at radius 3 is 1.42 bits per heavy atom. The molecule has 0 aliphatic rings. The molecule has 0 radical (unpaired) electrons. The molecule has 0 unspecified atom stereocenters. The molecule has 2 nitrogen and oxygen atoms in total. The van der Waals surface area contributed by atoms with Crippen LogP contribution in [0.1, 0.15) is 89.4 Å². The van der Waals surface area contributed by atoms with Gasteiger partial charge in [0.25, 0.3) is 0 Å². The zero-order chi connectivity index (χ0) is 19.3. The van der Waals surface area contributed by atoms with E-state index in [1.807, 2.05) is 24.3 Å². The van der Waals surface area contributed by atoms with E-state index >= 15 is 0 Å². The summed E-state index contributed by atoms with van der Waals surface area (Å²) in [6, 6.07) is 7.82. The predicted octanol–water partition coefficient (Wildman–Crippen LogP) is 7.55. The van der Waals surface area contributed by atoms with Crippen molar-refractivity contribution in [3.8, 4) is 5.75 Å². The van der Waals surface area contributed by atoms with Crippen LogP contribution < -0.4 is 4.52 Å². The summed E-state index contributed by atoms with van der Waals surface area (Å²) in [5.74, 6) is 0.979. The minimum atomic E-state index is -2.28. The molecule has 0 bridgehead atoms. The fraction of sp³-hybridized carbons (Fsp3) is 0.696. The molecule has 150 valence electrons. The SMILES string of the molecule is CCCCP(CCCC)(CCCC)(CCCC)Oc1ccc(C=O)cc1. The summed E-state index contributed by atoms with van der Waals surface area (Å²) in [6.07, 6.45) is 15.9. The van der Waals surface area contributed by atoms with Gasteiger partial charge in [-0.05, 0) is 0 Å². The van der Waals surface area contributed by atoms with Gasteiger partial charge < -0.3 is 0 Å². The van der Waals surface area contributed by atoms with Crippen LogP contribution in [0.3, 0.4) is 0 Å². The van der Waals surface area contributed by atoms with Gasteiger partial charge in [0.05, 0.1) is 0 Å². The number of rotatable bonds is 15. The van der Waals surface area contributed by atoms with E-state index in [9.17, 15) is 4.79 Å². The number of carbonyl (C=O) groups is 1. The Morgan fingerprint density at radius 1 is 0.731 bits per heavy atom. The van der Waals surface area contributed by atoms with E-state index in [-0.39, 0.29) is 0 Å². The third kappa shape index (κ3) is 6.69. The molecule has 0 aliphatic heterocycles. The Hall–Kier alpha value is -0.880. The molecule has 1 aromatic carbocycles. The van der Waals surface area contributed by atoms with Gasteiger partial charge in [-0.3, -0.25) is 0 Å². The first-order valence-corrected chi connectivity index (χ1v) is 13.7. The summed E-state index contributed by atoms with van der Waals surface area (Å²) in [5, 5.41) is 0. The van der Waals surface area contributed by atoms with E-state index in [1.165, 1.54) is 76.0 Å². The van der Waals surface area contributed by atoms with Gasteiger partial charge >= 0.3 is 162 Å². The molecule has 26 heavy (non-hydrogen) atoms. The second-order valence-corrected chi connectivity index (χ2v) is 13.6. The van der Waals surface area contributed by atoms with Gasteiger partial charge in [-0.25, -0.2) is 0 Å². The molecule has 1 rings (SSSR count). The third-order valence-corrected chi connectivity index (χ3v) is 12.2. The number of carbonyl (C=O) groups excluding carboxylic acids is 1. The molecule has 0 fully saturated rings. The molecular formula is C23H41O2P. The first-order valence-electron chi connectivity index (χ1n) is 10.8. The molecule has 0 aromatic heterocycles. The average Bonchev–Trinajstić information content (AvgIpc) is 2.69. The van der Waals surface area contributed by atoms with Gasteiger partial charge in [0.15, 0.2) is 0 Å². The van der Waals surface area contributed by atoms with Crippen molar-refractivity contribution in [3.05, 3.63) is 29.8 Å². The van der Waals surface area contributed by atoms with Crippen LogP contribution in [0.25, 0.3) is 0 Å². The van der Waals surface area contributed by atoms with E-state index in [4.69, 9.17) is 4.52 Å². The van der Waals surface area contributed by atoms with E-state index in [0.717, 1.165) is 17.6 Å². The van der Waals surface area contributed by atoms with Gasteiger partial charge in [-0.2, -0.15) is 0 Å². The van der Waals surface area contributed by atoms with E-state index in [2.05, 4.69) is 27.7 Å². The van der Waals surface area contributed by atoms with Crippen molar-refractivity contribution in [2.75, 3.05) is 24.6 Å². The van der Waals surface area contributed by atoms with Crippen molar-refractivity contribution >= 4 is 13.1 Å². The summed E-state index contributed by atoms with van der Waals surface area (Å²) in [6.45, 7) is 6.90. The minimum absolute atomic E-state index is 0.724.